The van der Waals surface area contributed by atoms with Crippen molar-refractivity contribution in [3.05, 3.63) is 53.6 Å². The van der Waals surface area contributed by atoms with Gasteiger partial charge in [-0.15, -0.1) is 0 Å². The Morgan fingerprint density at radius 3 is 2.04 bits per heavy atom. The van der Waals surface area contributed by atoms with Crippen molar-refractivity contribution in [2.45, 2.75) is 12.6 Å². The molecule has 2 N–H and O–H groups in total. The SMILES string of the molecule is COc1cccc(OC)c1C(=O)Nc1ccc(CC(=O)NCC(F)(F)F)cc1. The predicted octanol–water partition coefficient (Wildman–Crippen LogP) is 3.18. The number of carbonyl (C=O) groups excluding carboxylic acids is 2. The summed E-state index contributed by atoms with van der Waals surface area (Å²) in [4.78, 5) is 24.1. The summed E-state index contributed by atoms with van der Waals surface area (Å²) in [5.41, 5.74) is 1.17. The van der Waals surface area contributed by atoms with Crippen LogP contribution in [-0.4, -0.2) is 38.8 Å². The molecule has 0 atom stereocenters. The van der Waals surface area contributed by atoms with Crippen molar-refractivity contribution < 1.29 is 32.2 Å². The van der Waals surface area contributed by atoms with Crippen LogP contribution in [0.25, 0.3) is 0 Å². The van der Waals surface area contributed by atoms with E-state index in [2.05, 4.69) is 5.32 Å². The minimum Gasteiger partial charge on any atom is -0.496 e. The molecular formula is C19H19F3N2O4. The van der Waals surface area contributed by atoms with Crippen LogP contribution in [0.4, 0.5) is 18.9 Å². The summed E-state index contributed by atoms with van der Waals surface area (Å²) in [6.07, 6.45) is -4.66. The Labute approximate surface area is 159 Å². The van der Waals surface area contributed by atoms with E-state index in [0.29, 0.717) is 22.7 Å². The van der Waals surface area contributed by atoms with Gasteiger partial charge in [0.15, 0.2) is 0 Å². The van der Waals surface area contributed by atoms with Crippen molar-refractivity contribution in [1.82, 2.24) is 5.32 Å². The maximum atomic E-state index is 12.6. The molecule has 0 fully saturated rings. The minimum absolute atomic E-state index is 0.204. The third-order valence-corrected chi connectivity index (χ3v) is 3.72. The highest BCUT2D eigenvalue weighted by molar-refractivity contribution is 6.08. The number of methoxy groups -OCH3 is 2. The van der Waals surface area contributed by atoms with Crippen molar-refractivity contribution >= 4 is 17.5 Å². The third kappa shape index (κ3) is 5.90. The van der Waals surface area contributed by atoms with Gasteiger partial charge in [-0.2, -0.15) is 13.2 Å². The molecule has 0 heterocycles. The zero-order chi connectivity index (χ0) is 20.7. The molecule has 0 aliphatic heterocycles. The maximum Gasteiger partial charge on any atom is 0.405 e. The van der Waals surface area contributed by atoms with E-state index in [9.17, 15) is 22.8 Å². The molecule has 2 aromatic carbocycles. The lowest BCUT2D eigenvalue weighted by molar-refractivity contribution is -0.138. The van der Waals surface area contributed by atoms with Gasteiger partial charge in [0.2, 0.25) is 5.91 Å². The summed E-state index contributed by atoms with van der Waals surface area (Å²) in [6.45, 7) is -1.37. The first-order valence-electron chi connectivity index (χ1n) is 8.18. The van der Waals surface area contributed by atoms with Crippen LogP contribution < -0.4 is 20.1 Å². The van der Waals surface area contributed by atoms with Crippen molar-refractivity contribution in [2.75, 3.05) is 26.1 Å². The summed E-state index contributed by atoms with van der Waals surface area (Å²) in [6, 6.07) is 11.1. The number of halogens is 3. The number of amides is 2. The fourth-order valence-electron chi connectivity index (χ4n) is 2.42. The number of nitrogens with one attached hydrogen (secondary N) is 2. The first kappa shape index (κ1) is 21.1. The van der Waals surface area contributed by atoms with E-state index in [0.717, 1.165) is 0 Å². The van der Waals surface area contributed by atoms with Gasteiger partial charge in [-0.05, 0) is 29.8 Å². The zero-order valence-electron chi connectivity index (χ0n) is 15.2. The lowest BCUT2D eigenvalue weighted by Gasteiger charge is -2.13. The number of alkyl halides is 3. The van der Waals surface area contributed by atoms with Gasteiger partial charge in [0.25, 0.3) is 5.91 Å². The van der Waals surface area contributed by atoms with E-state index >= 15 is 0 Å². The third-order valence-electron chi connectivity index (χ3n) is 3.72. The van der Waals surface area contributed by atoms with Gasteiger partial charge in [-0.3, -0.25) is 9.59 Å². The molecule has 0 aromatic heterocycles. The molecule has 150 valence electrons. The van der Waals surface area contributed by atoms with Crippen molar-refractivity contribution in [1.29, 1.82) is 0 Å². The van der Waals surface area contributed by atoms with Crippen LogP contribution in [0.15, 0.2) is 42.5 Å². The molecule has 2 rings (SSSR count). The van der Waals surface area contributed by atoms with Gasteiger partial charge in [0.05, 0.1) is 20.6 Å². The Balaban J connectivity index is 2.03. The van der Waals surface area contributed by atoms with Crippen molar-refractivity contribution in [3.63, 3.8) is 0 Å². The summed E-state index contributed by atoms with van der Waals surface area (Å²) < 4.78 is 46.7. The van der Waals surface area contributed by atoms with Gasteiger partial charge in [0, 0.05) is 5.69 Å². The molecule has 6 nitrogen and oxygen atoms in total. The van der Waals surface area contributed by atoms with E-state index in [1.165, 1.54) is 14.2 Å². The van der Waals surface area contributed by atoms with Crippen LogP contribution in [0.3, 0.4) is 0 Å². The Kier molecular flexibility index (Phi) is 6.86. The molecule has 28 heavy (non-hydrogen) atoms. The second kappa shape index (κ2) is 9.12. The number of ether oxygens (including phenoxy) is 2. The molecule has 9 heteroatoms. The fraction of sp³-hybridized carbons (Fsp3) is 0.263. The first-order chi connectivity index (χ1) is 13.2. The normalized spacial score (nSPS) is 10.9. The first-order valence-corrected chi connectivity index (χ1v) is 8.18. The smallest absolute Gasteiger partial charge is 0.405 e. The highest BCUT2D eigenvalue weighted by Crippen LogP contribution is 2.29. The number of rotatable bonds is 7. The Morgan fingerprint density at radius 1 is 0.964 bits per heavy atom. The molecule has 2 aromatic rings. The number of hydrogen-bond donors (Lipinski definition) is 2. The monoisotopic (exact) mass is 396 g/mol. The number of benzene rings is 2. The second-order valence-electron chi connectivity index (χ2n) is 5.76. The maximum absolute atomic E-state index is 12.6. The predicted molar refractivity (Wildman–Crippen MR) is 96.7 cm³/mol. The molecule has 0 radical (unpaired) electrons. The van der Waals surface area contributed by atoms with E-state index < -0.39 is 24.5 Å². The largest absolute Gasteiger partial charge is 0.496 e. The van der Waals surface area contributed by atoms with Crippen LogP contribution in [0, 0.1) is 0 Å². The molecule has 0 saturated heterocycles. The molecule has 0 saturated carbocycles. The summed E-state index contributed by atoms with van der Waals surface area (Å²) in [5, 5.41) is 4.49. The fourth-order valence-corrected chi connectivity index (χ4v) is 2.42. The Hall–Kier alpha value is -3.23. The van der Waals surface area contributed by atoms with Gasteiger partial charge in [0.1, 0.15) is 23.6 Å². The van der Waals surface area contributed by atoms with Crippen LogP contribution in [0.5, 0.6) is 11.5 Å². The van der Waals surface area contributed by atoms with E-state index in [1.807, 2.05) is 0 Å². The van der Waals surface area contributed by atoms with Crippen LogP contribution in [0.1, 0.15) is 15.9 Å². The van der Waals surface area contributed by atoms with Crippen molar-refractivity contribution in [3.8, 4) is 11.5 Å². The topological polar surface area (TPSA) is 76.7 Å². The van der Waals surface area contributed by atoms with Gasteiger partial charge in [-0.25, -0.2) is 0 Å². The highest BCUT2D eigenvalue weighted by Gasteiger charge is 2.27. The average Bonchev–Trinajstić information content (AvgIpc) is 2.66. The van der Waals surface area contributed by atoms with Crippen LogP contribution >= 0.6 is 0 Å². The molecule has 0 unspecified atom stereocenters. The summed E-state index contributed by atoms with van der Waals surface area (Å²) >= 11 is 0. The molecule has 0 bridgehead atoms. The van der Waals surface area contributed by atoms with E-state index in [1.54, 1.807) is 47.8 Å². The molecule has 0 aliphatic rings. The Bertz CT molecular complexity index is 814. The summed E-state index contributed by atoms with van der Waals surface area (Å²) in [7, 11) is 2.87. The molecule has 0 aliphatic carbocycles. The highest BCUT2D eigenvalue weighted by atomic mass is 19.4. The van der Waals surface area contributed by atoms with Gasteiger partial charge in [-0.1, -0.05) is 18.2 Å². The Morgan fingerprint density at radius 2 is 1.54 bits per heavy atom. The quantitative estimate of drug-likeness (QED) is 0.754. The lowest BCUT2D eigenvalue weighted by atomic mass is 10.1. The van der Waals surface area contributed by atoms with Crippen LogP contribution in [-0.2, 0) is 11.2 Å². The average molecular weight is 396 g/mol. The molecule has 0 spiro atoms. The summed E-state index contributed by atoms with van der Waals surface area (Å²) in [5.74, 6) is -0.512. The molecule has 2 amide bonds. The second-order valence-corrected chi connectivity index (χ2v) is 5.76. The number of anilines is 1. The van der Waals surface area contributed by atoms with E-state index in [4.69, 9.17) is 9.47 Å². The van der Waals surface area contributed by atoms with Crippen molar-refractivity contribution in [2.24, 2.45) is 0 Å². The minimum atomic E-state index is -4.46. The zero-order valence-corrected chi connectivity index (χ0v) is 15.2. The number of carbonyl (C=O) groups is 2. The molecular weight excluding hydrogens is 377 g/mol. The number of hydrogen-bond acceptors (Lipinski definition) is 4. The standard InChI is InChI=1S/C19H19F3N2O4/c1-27-14-4-3-5-15(28-2)17(14)18(26)24-13-8-6-12(7-9-13)10-16(25)23-11-19(20,21)22/h3-9H,10-11H2,1-2H3,(H,23,25)(H,24,26). The van der Waals surface area contributed by atoms with Gasteiger partial charge < -0.3 is 20.1 Å². The van der Waals surface area contributed by atoms with Gasteiger partial charge >= 0.3 is 6.18 Å². The lowest BCUT2D eigenvalue weighted by Crippen LogP contribution is -2.34. The van der Waals surface area contributed by atoms with E-state index in [-0.39, 0.29) is 12.0 Å². The van der Waals surface area contributed by atoms with Crippen LogP contribution in [0.2, 0.25) is 0 Å².